The normalized spacial score (nSPS) is 16.2. The van der Waals surface area contributed by atoms with E-state index >= 15 is 0 Å². The van der Waals surface area contributed by atoms with Gasteiger partial charge in [0.2, 0.25) is 0 Å². The number of aliphatic hydroxyl groups is 1. The van der Waals surface area contributed by atoms with Crippen molar-refractivity contribution in [2.75, 3.05) is 37.6 Å². The van der Waals surface area contributed by atoms with E-state index in [1.807, 2.05) is 12.1 Å². The third kappa shape index (κ3) is 4.44. The summed E-state index contributed by atoms with van der Waals surface area (Å²) >= 11 is 7.18. The molecule has 1 saturated heterocycles. The van der Waals surface area contributed by atoms with Gasteiger partial charge in [-0.15, -0.1) is 0 Å². The van der Waals surface area contributed by atoms with Crippen LogP contribution in [-0.2, 0) is 6.54 Å². The molecule has 2 N–H and O–H groups in total. The van der Waals surface area contributed by atoms with E-state index in [0.717, 1.165) is 51.8 Å². The Kier molecular flexibility index (Phi) is 6.25. The number of benzene rings is 3. The molecule has 0 spiro atoms. The van der Waals surface area contributed by atoms with Gasteiger partial charge in [-0.2, -0.15) is 0 Å². The molecule has 4 nitrogen and oxygen atoms in total. The number of fused-ring (bicyclic) bond motifs is 3. The van der Waals surface area contributed by atoms with Gasteiger partial charge in [-0.25, -0.2) is 4.39 Å². The number of aromatic nitrogens is 1. The minimum absolute atomic E-state index is 0.203. The molecule has 1 aromatic heterocycles. The molecular formula is C25H25Br2FN3O+. The highest BCUT2D eigenvalue weighted by molar-refractivity contribution is 9.10. The van der Waals surface area contributed by atoms with Gasteiger partial charge in [0.1, 0.15) is 18.5 Å². The lowest BCUT2D eigenvalue weighted by Crippen LogP contribution is -3.15. The summed E-state index contributed by atoms with van der Waals surface area (Å²) in [5.41, 5.74) is 3.33. The summed E-state index contributed by atoms with van der Waals surface area (Å²) in [4.78, 5) is 3.69. The average Bonchev–Trinajstić information content (AvgIpc) is 3.07. The average molecular weight is 562 g/mol. The number of aliphatic hydroxyl groups excluding tert-OH is 1. The Morgan fingerprint density at radius 3 is 2.00 bits per heavy atom. The molecule has 0 amide bonds. The Hall–Kier alpha value is -1.93. The number of hydrogen-bond acceptors (Lipinski definition) is 2. The Balaban J connectivity index is 1.29. The van der Waals surface area contributed by atoms with Gasteiger partial charge in [0.05, 0.1) is 32.7 Å². The van der Waals surface area contributed by atoms with Crippen LogP contribution in [0.3, 0.4) is 0 Å². The van der Waals surface area contributed by atoms with Crippen molar-refractivity contribution < 1.29 is 14.4 Å². The largest absolute Gasteiger partial charge is 0.385 e. The quantitative estimate of drug-likeness (QED) is 0.382. The molecule has 0 saturated carbocycles. The van der Waals surface area contributed by atoms with Crippen LogP contribution < -0.4 is 9.80 Å². The number of rotatable bonds is 5. The van der Waals surface area contributed by atoms with Crippen LogP contribution in [-0.4, -0.2) is 48.5 Å². The molecule has 4 aromatic rings. The summed E-state index contributed by atoms with van der Waals surface area (Å²) in [5, 5.41) is 13.4. The number of hydrogen-bond donors (Lipinski definition) is 2. The minimum atomic E-state index is -0.437. The van der Waals surface area contributed by atoms with Crippen molar-refractivity contribution in [3.63, 3.8) is 0 Å². The third-order valence-electron chi connectivity index (χ3n) is 6.37. The monoisotopic (exact) mass is 560 g/mol. The van der Waals surface area contributed by atoms with Crippen molar-refractivity contribution in [2.24, 2.45) is 0 Å². The van der Waals surface area contributed by atoms with Gasteiger partial charge < -0.3 is 19.5 Å². The number of nitrogens with zero attached hydrogens (tertiary/aromatic N) is 2. The van der Waals surface area contributed by atoms with Crippen LogP contribution in [0, 0.1) is 5.82 Å². The van der Waals surface area contributed by atoms with Crippen molar-refractivity contribution in [2.45, 2.75) is 12.6 Å². The number of nitrogens with one attached hydrogen (secondary N) is 1. The first-order valence-corrected chi connectivity index (χ1v) is 12.5. The fourth-order valence-electron chi connectivity index (χ4n) is 4.79. The van der Waals surface area contributed by atoms with E-state index in [4.69, 9.17) is 0 Å². The topological polar surface area (TPSA) is 32.8 Å². The molecule has 2 heterocycles. The van der Waals surface area contributed by atoms with Crippen molar-refractivity contribution in [1.29, 1.82) is 0 Å². The molecule has 5 rings (SSSR count). The molecule has 3 aromatic carbocycles. The van der Waals surface area contributed by atoms with E-state index in [2.05, 4.69) is 77.7 Å². The predicted octanol–water partition coefficient (Wildman–Crippen LogP) is 4.22. The summed E-state index contributed by atoms with van der Waals surface area (Å²) in [6, 6.07) is 19.4. The molecule has 1 aliphatic heterocycles. The second-order valence-corrected chi connectivity index (χ2v) is 10.3. The Bertz CT molecular complexity index is 1190. The van der Waals surface area contributed by atoms with Crippen molar-refractivity contribution in [1.82, 2.24) is 4.57 Å². The molecular weight excluding hydrogens is 537 g/mol. The number of piperazine rings is 1. The van der Waals surface area contributed by atoms with Gasteiger partial charge in [0.15, 0.2) is 0 Å². The van der Waals surface area contributed by atoms with E-state index in [1.165, 1.54) is 27.8 Å². The zero-order valence-electron chi connectivity index (χ0n) is 17.6. The van der Waals surface area contributed by atoms with E-state index in [-0.39, 0.29) is 5.82 Å². The first kappa shape index (κ1) is 21.9. The van der Waals surface area contributed by atoms with Crippen LogP contribution in [0.5, 0.6) is 0 Å². The first-order chi connectivity index (χ1) is 15.5. The zero-order valence-corrected chi connectivity index (χ0v) is 20.7. The summed E-state index contributed by atoms with van der Waals surface area (Å²) in [7, 11) is 0. The van der Waals surface area contributed by atoms with Crippen LogP contribution in [0.2, 0.25) is 0 Å². The molecule has 1 aliphatic rings. The van der Waals surface area contributed by atoms with Crippen LogP contribution in [0.4, 0.5) is 10.1 Å². The summed E-state index contributed by atoms with van der Waals surface area (Å²) in [6.07, 6.45) is -0.437. The Morgan fingerprint density at radius 1 is 0.875 bits per heavy atom. The second kappa shape index (κ2) is 9.14. The van der Waals surface area contributed by atoms with Crippen LogP contribution >= 0.6 is 31.9 Å². The molecule has 7 heteroatoms. The highest BCUT2D eigenvalue weighted by Crippen LogP contribution is 2.33. The molecule has 1 fully saturated rings. The molecule has 0 bridgehead atoms. The number of halogens is 3. The number of anilines is 1. The first-order valence-electron chi connectivity index (χ1n) is 10.9. The van der Waals surface area contributed by atoms with Gasteiger partial charge in [-0.3, -0.25) is 0 Å². The smallest absolute Gasteiger partial charge is 0.123 e. The van der Waals surface area contributed by atoms with Gasteiger partial charge in [0, 0.05) is 36.4 Å². The highest BCUT2D eigenvalue weighted by atomic mass is 79.9. The molecule has 0 aliphatic carbocycles. The summed E-state index contributed by atoms with van der Waals surface area (Å²) < 4.78 is 17.5. The lowest BCUT2D eigenvalue weighted by molar-refractivity contribution is -0.903. The van der Waals surface area contributed by atoms with Gasteiger partial charge in [-0.05, 0) is 60.7 Å². The van der Waals surface area contributed by atoms with Crippen LogP contribution in [0.1, 0.15) is 0 Å². The number of quaternary nitrogens is 1. The van der Waals surface area contributed by atoms with E-state index < -0.39 is 6.10 Å². The van der Waals surface area contributed by atoms with Crippen molar-refractivity contribution in [3.8, 4) is 0 Å². The predicted molar refractivity (Wildman–Crippen MR) is 135 cm³/mol. The minimum Gasteiger partial charge on any atom is -0.385 e. The van der Waals surface area contributed by atoms with Crippen molar-refractivity contribution in [3.05, 3.63) is 75.4 Å². The maximum Gasteiger partial charge on any atom is 0.123 e. The SMILES string of the molecule is OC(Cn1c2ccc(Br)cc2c2cc(Br)ccc21)C[NH+]1CCN(c2ccc(F)cc2)CC1. The lowest BCUT2D eigenvalue weighted by atomic mass is 10.2. The lowest BCUT2D eigenvalue weighted by Gasteiger charge is -2.34. The molecule has 32 heavy (non-hydrogen) atoms. The van der Waals surface area contributed by atoms with Crippen LogP contribution in [0.25, 0.3) is 21.8 Å². The van der Waals surface area contributed by atoms with E-state index in [9.17, 15) is 9.50 Å². The fourth-order valence-corrected chi connectivity index (χ4v) is 5.51. The molecule has 1 unspecified atom stereocenters. The summed E-state index contributed by atoms with van der Waals surface area (Å²) in [6.45, 7) is 5.01. The maximum atomic E-state index is 13.2. The highest BCUT2D eigenvalue weighted by Gasteiger charge is 2.24. The van der Waals surface area contributed by atoms with Crippen LogP contribution in [0.15, 0.2) is 69.6 Å². The zero-order chi connectivity index (χ0) is 22.2. The van der Waals surface area contributed by atoms with Gasteiger partial charge >= 0.3 is 0 Å². The molecule has 0 radical (unpaired) electrons. The molecule has 1 atom stereocenters. The maximum absolute atomic E-state index is 13.2. The van der Waals surface area contributed by atoms with E-state index in [1.54, 1.807) is 0 Å². The van der Waals surface area contributed by atoms with Gasteiger partial charge in [0.25, 0.3) is 0 Å². The fraction of sp³-hybridized carbons (Fsp3) is 0.280. The van der Waals surface area contributed by atoms with Crippen molar-refractivity contribution >= 4 is 59.4 Å². The third-order valence-corrected chi connectivity index (χ3v) is 7.36. The Labute approximate surface area is 203 Å². The van der Waals surface area contributed by atoms with Gasteiger partial charge in [-0.1, -0.05) is 31.9 Å². The second-order valence-electron chi connectivity index (χ2n) is 8.50. The summed E-state index contributed by atoms with van der Waals surface area (Å²) in [5.74, 6) is -0.203. The Morgan fingerprint density at radius 2 is 1.44 bits per heavy atom. The van der Waals surface area contributed by atoms with E-state index in [0.29, 0.717) is 13.1 Å². The standard InChI is InChI=1S/C25H24Br2FN3O/c26-17-1-7-24-22(13-17)23-14-18(27)2-8-25(23)31(24)16-21(32)15-29-9-11-30(12-10-29)20-5-3-19(28)4-6-20/h1-8,13-14,21,32H,9-12,15-16H2/p+1. The molecule has 166 valence electrons.